The number of hydrogen-bond acceptors (Lipinski definition) is 7. The number of thioether (sulfide) groups is 1. The third-order valence-electron chi connectivity index (χ3n) is 5.29. The molecule has 174 valence electrons. The minimum absolute atomic E-state index is 0.0317. The van der Waals surface area contributed by atoms with Crippen LogP contribution in [0.2, 0.25) is 0 Å². The molecule has 0 N–H and O–H groups in total. The number of aromatic nitrogens is 2. The zero-order chi connectivity index (χ0) is 23.6. The van der Waals surface area contributed by atoms with Gasteiger partial charge in [0.05, 0.1) is 10.1 Å². The summed E-state index contributed by atoms with van der Waals surface area (Å²) in [6.07, 6.45) is 2.70. The van der Waals surface area contributed by atoms with E-state index in [0.29, 0.717) is 18.7 Å². The molecule has 0 spiro atoms. The summed E-state index contributed by atoms with van der Waals surface area (Å²) in [5.74, 6) is -2.44. The molecule has 2 heterocycles. The second kappa shape index (κ2) is 9.70. The van der Waals surface area contributed by atoms with E-state index in [1.165, 1.54) is 22.5 Å². The van der Waals surface area contributed by atoms with Gasteiger partial charge in [-0.2, -0.15) is 4.31 Å². The molecule has 0 bridgehead atoms. The number of Topliss-reactive ketones (excluding diaryl/α,β-unsaturated/α-hetero) is 1. The molecular formula is C22H21F2N3O4S2. The molecule has 7 nitrogen and oxygen atoms in total. The van der Waals surface area contributed by atoms with Crippen molar-refractivity contribution in [1.29, 1.82) is 0 Å². The molecule has 1 aromatic heterocycles. The lowest BCUT2D eigenvalue weighted by Crippen LogP contribution is -2.35. The predicted molar refractivity (Wildman–Crippen MR) is 118 cm³/mol. The first kappa shape index (κ1) is 23.5. The van der Waals surface area contributed by atoms with Crippen LogP contribution in [0.15, 0.2) is 57.0 Å². The summed E-state index contributed by atoms with van der Waals surface area (Å²) in [6, 6.07) is 9.25. The topological polar surface area (TPSA) is 93.4 Å². The lowest BCUT2D eigenvalue weighted by molar-refractivity contribution is 0.0993. The Morgan fingerprint density at radius 3 is 2.55 bits per heavy atom. The van der Waals surface area contributed by atoms with Gasteiger partial charge in [-0.3, -0.25) is 4.79 Å². The summed E-state index contributed by atoms with van der Waals surface area (Å²) >= 11 is 0.972. The van der Waals surface area contributed by atoms with E-state index < -0.39 is 32.7 Å². The molecular weight excluding hydrogens is 472 g/mol. The maximum Gasteiger partial charge on any atom is 0.277 e. The molecule has 33 heavy (non-hydrogen) atoms. The van der Waals surface area contributed by atoms with Gasteiger partial charge < -0.3 is 4.42 Å². The zero-order valence-corrected chi connectivity index (χ0v) is 19.3. The van der Waals surface area contributed by atoms with Crippen LogP contribution < -0.4 is 0 Å². The van der Waals surface area contributed by atoms with Crippen LogP contribution in [0.3, 0.4) is 0 Å². The molecule has 0 amide bonds. The third kappa shape index (κ3) is 5.15. The number of hydrogen-bond donors (Lipinski definition) is 0. The average molecular weight is 494 g/mol. The highest BCUT2D eigenvalue weighted by Gasteiger charge is 2.27. The van der Waals surface area contributed by atoms with Gasteiger partial charge in [0.1, 0.15) is 0 Å². The van der Waals surface area contributed by atoms with E-state index in [1.807, 2.05) is 0 Å². The molecule has 1 aliphatic heterocycles. The summed E-state index contributed by atoms with van der Waals surface area (Å²) in [5, 5.41) is 7.28. The standard InChI is InChI=1S/C22H21F2N3O4S2/c1-14(20(28)15-8-9-18(23)19(24)13-15)32-22-26-25-21(31-22)16-6-5-7-17(12-16)33(29,30)27-10-3-2-4-11-27/h5-9,12-14H,2-4,10-11H2,1H3. The van der Waals surface area contributed by atoms with Crippen LogP contribution in [0.5, 0.6) is 0 Å². The Bertz CT molecular complexity index is 1270. The summed E-state index contributed by atoms with van der Waals surface area (Å²) in [5.41, 5.74) is 0.469. The summed E-state index contributed by atoms with van der Waals surface area (Å²) in [7, 11) is -3.62. The van der Waals surface area contributed by atoms with Gasteiger partial charge in [-0.05, 0) is 56.2 Å². The summed E-state index contributed by atoms with van der Waals surface area (Å²) in [6.45, 7) is 2.58. The molecule has 1 fully saturated rings. The fourth-order valence-corrected chi connectivity index (χ4v) is 5.83. The van der Waals surface area contributed by atoms with Crippen molar-refractivity contribution in [2.45, 2.75) is 41.6 Å². The van der Waals surface area contributed by atoms with E-state index >= 15 is 0 Å². The number of sulfonamides is 1. The Morgan fingerprint density at radius 1 is 1.06 bits per heavy atom. The maximum atomic E-state index is 13.4. The largest absolute Gasteiger partial charge is 0.411 e. The lowest BCUT2D eigenvalue weighted by Gasteiger charge is -2.25. The van der Waals surface area contributed by atoms with Crippen molar-refractivity contribution in [3.63, 3.8) is 0 Å². The molecule has 0 radical (unpaired) electrons. The van der Waals surface area contributed by atoms with Crippen molar-refractivity contribution in [1.82, 2.24) is 14.5 Å². The maximum absolute atomic E-state index is 13.4. The Kier molecular flexibility index (Phi) is 6.91. The number of carbonyl (C=O) groups is 1. The molecule has 3 aromatic rings. The Balaban J connectivity index is 1.49. The van der Waals surface area contributed by atoms with Gasteiger partial charge in [0.2, 0.25) is 15.9 Å². The molecule has 1 atom stereocenters. The van der Waals surface area contributed by atoms with Crippen LogP contribution >= 0.6 is 11.8 Å². The molecule has 0 saturated carbocycles. The molecule has 11 heteroatoms. The molecule has 2 aromatic carbocycles. The first-order valence-corrected chi connectivity index (χ1v) is 12.7. The van der Waals surface area contributed by atoms with Crippen LogP contribution in [0, 0.1) is 11.6 Å². The van der Waals surface area contributed by atoms with Crippen molar-refractivity contribution in [3.05, 3.63) is 59.7 Å². The van der Waals surface area contributed by atoms with Crippen molar-refractivity contribution in [2.24, 2.45) is 0 Å². The Hall–Kier alpha value is -2.63. The molecule has 1 unspecified atom stereocenters. The van der Waals surface area contributed by atoms with Crippen LogP contribution in [-0.2, 0) is 10.0 Å². The Labute approximate surface area is 194 Å². The predicted octanol–water partition coefficient (Wildman–Crippen LogP) is 4.55. The van der Waals surface area contributed by atoms with Crippen molar-refractivity contribution < 1.29 is 26.4 Å². The molecule has 1 saturated heterocycles. The molecule has 0 aliphatic carbocycles. The average Bonchev–Trinajstić information content (AvgIpc) is 3.29. The van der Waals surface area contributed by atoms with Gasteiger partial charge in [-0.1, -0.05) is 24.2 Å². The van der Waals surface area contributed by atoms with Crippen LogP contribution in [0.4, 0.5) is 8.78 Å². The second-order valence-electron chi connectivity index (χ2n) is 7.62. The molecule has 1 aliphatic rings. The fraction of sp³-hybridized carbons (Fsp3) is 0.318. The number of carbonyl (C=O) groups excluding carboxylic acids is 1. The van der Waals surface area contributed by atoms with Crippen molar-refractivity contribution in [2.75, 3.05) is 13.1 Å². The normalized spacial score (nSPS) is 16.0. The van der Waals surface area contributed by atoms with Crippen LogP contribution in [0.1, 0.15) is 36.5 Å². The SMILES string of the molecule is CC(Sc1nnc(-c2cccc(S(=O)(=O)N3CCCCC3)c2)o1)C(=O)c1ccc(F)c(F)c1. The summed E-state index contributed by atoms with van der Waals surface area (Å²) in [4.78, 5) is 12.7. The smallest absolute Gasteiger partial charge is 0.277 e. The van der Waals surface area contributed by atoms with Crippen molar-refractivity contribution in [3.8, 4) is 11.5 Å². The number of halogens is 2. The van der Waals surface area contributed by atoms with E-state index in [4.69, 9.17) is 4.42 Å². The Morgan fingerprint density at radius 2 is 1.82 bits per heavy atom. The van der Waals surface area contributed by atoms with E-state index in [9.17, 15) is 22.0 Å². The van der Waals surface area contributed by atoms with E-state index in [1.54, 1.807) is 19.1 Å². The minimum Gasteiger partial charge on any atom is -0.411 e. The number of benzene rings is 2. The van der Waals surface area contributed by atoms with Gasteiger partial charge in [0.25, 0.3) is 5.22 Å². The van der Waals surface area contributed by atoms with Gasteiger partial charge in [-0.15, -0.1) is 10.2 Å². The number of nitrogens with zero attached hydrogens (tertiary/aromatic N) is 3. The minimum atomic E-state index is -3.62. The van der Waals surface area contributed by atoms with Crippen molar-refractivity contribution >= 4 is 27.6 Å². The first-order chi connectivity index (χ1) is 15.8. The van der Waals surface area contributed by atoms with Gasteiger partial charge >= 0.3 is 0 Å². The van der Waals surface area contributed by atoms with Gasteiger partial charge in [-0.25, -0.2) is 17.2 Å². The quantitative estimate of drug-likeness (QED) is 0.352. The monoisotopic (exact) mass is 493 g/mol. The van der Waals surface area contributed by atoms with Crippen LogP contribution in [0.25, 0.3) is 11.5 Å². The lowest BCUT2D eigenvalue weighted by atomic mass is 10.1. The van der Waals surface area contributed by atoms with Crippen LogP contribution in [-0.4, -0.2) is 47.0 Å². The van der Waals surface area contributed by atoms with E-state index in [0.717, 1.165) is 43.2 Å². The highest BCUT2D eigenvalue weighted by atomic mass is 32.2. The molecule has 4 rings (SSSR count). The fourth-order valence-electron chi connectivity index (χ4n) is 3.51. The number of piperidine rings is 1. The van der Waals surface area contributed by atoms with Gasteiger partial charge in [0, 0.05) is 24.2 Å². The highest BCUT2D eigenvalue weighted by Crippen LogP contribution is 2.30. The zero-order valence-electron chi connectivity index (χ0n) is 17.7. The van der Waals surface area contributed by atoms with Gasteiger partial charge in [0.15, 0.2) is 17.4 Å². The first-order valence-electron chi connectivity index (χ1n) is 10.4. The number of ketones is 1. The highest BCUT2D eigenvalue weighted by molar-refractivity contribution is 8.00. The third-order valence-corrected chi connectivity index (χ3v) is 8.12. The second-order valence-corrected chi connectivity index (χ2v) is 10.8. The summed E-state index contributed by atoms with van der Waals surface area (Å²) < 4.78 is 59.6. The van der Waals surface area contributed by atoms with E-state index in [2.05, 4.69) is 10.2 Å². The van der Waals surface area contributed by atoms with E-state index in [-0.39, 0.29) is 21.6 Å². The number of rotatable bonds is 7.